The summed E-state index contributed by atoms with van der Waals surface area (Å²) < 4.78 is 0. The van der Waals surface area contributed by atoms with Crippen molar-refractivity contribution in [2.75, 3.05) is 20.1 Å². The van der Waals surface area contributed by atoms with Gasteiger partial charge in [0.2, 0.25) is 0 Å². The molecule has 1 aliphatic rings. The highest BCUT2D eigenvalue weighted by molar-refractivity contribution is 4.85. The molecule has 0 aliphatic heterocycles. The highest BCUT2D eigenvalue weighted by Crippen LogP contribution is 2.39. The minimum Gasteiger partial charge on any atom is -0.306 e. The molecule has 0 N–H and O–H groups in total. The molecular weight excluding hydrogens is 206 g/mol. The van der Waals surface area contributed by atoms with Crippen LogP contribution >= 0.6 is 0 Å². The molecule has 1 saturated carbocycles. The van der Waals surface area contributed by atoms with Crippen LogP contribution in [0.25, 0.3) is 0 Å². The summed E-state index contributed by atoms with van der Waals surface area (Å²) in [7, 11) is 2.31. The fourth-order valence-electron chi connectivity index (χ4n) is 3.46. The maximum absolute atomic E-state index is 2.56. The second-order valence-corrected chi connectivity index (χ2v) is 6.65. The molecule has 1 aliphatic carbocycles. The zero-order valence-corrected chi connectivity index (χ0v) is 12.7. The summed E-state index contributed by atoms with van der Waals surface area (Å²) in [5.74, 6) is 3.82. The molecule has 0 aromatic rings. The molecule has 17 heavy (non-hydrogen) atoms. The zero-order valence-electron chi connectivity index (χ0n) is 12.7. The Labute approximate surface area is 109 Å². The Balaban J connectivity index is 2.07. The van der Waals surface area contributed by atoms with Crippen molar-refractivity contribution in [3.63, 3.8) is 0 Å². The number of hydrogen-bond donors (Lipinski definition) is 0. The lowest BCUT2D eigenvalue weighted by atomic mass is 9.66. The highest BCUT2D eigenvalue weighted by Gasteiger charge is 2.34. The van der Waals surface area contributed by atoms with Gasteiger partial charge in [0.05, 0.1) is 0 Å². The van der Waals surface area contributed by atoms with E-state index in [1.165, 1.54) is 45.2 Å². The Morgan fingerprint density at radius 1 is 1.18 bits per heavy atom. The fraction of sp³-hybridized carbons (Fsp3) is 1.00. The average Bonchev–Trinajstić information content (AvgIpc) is 2.27. The van der Waals surface area contributed by atoms with Crippen LogP contribution in [-0.2, 0) is 0 Å². The standard InChI is InChI=1S/C16H33N/c1-6-8-13(2)9-7-10-17(5)12-16-14(3)11-15(16)4/h13-16H,6-12H2,1-5H3. The van der Waals surface area contributed by atoms with Crippen LogP contribution in [0.5, 0.6) is 0 Å². The van der Waals surface area contributed by atoms with E-state index >= 15 is 0 Å². The maximum atomic E-state index is 2.56. The predicted octanol–water partition coefficient (Wildman–Crippen LogP) is 4.43. The smallest absolute Gasteiger partial charge is 0.00117 e. The molecule has 0 bridgehead atoms. The van der Waals surface area contributed by atoms with Gasteiger partial charge in [-0.1, -0.05) is 40.5 Å². The topological polar surface area (TPSA) is 3.24 Å². The van der Waals surface area contributed by atoms with Crippen molar-refractivity contribution in [1.82, 2.24) is 4.90 Å². The Morgan fingerprint density at radius 3 is 2.35 bits per heavy atom. The number of nitrogens with zero attached hydrogens (tertiary/aromatic N) is 1. The summed E-state index contributed by atoms with van der Waals surface area (Å²) in [6.07, 6.45) is 6.99. The molecule has 1 nitrogen and oxygen atoms in total. The Hall–Kier alpha value is -0.0400. The lowest BCUT2D eigenvalue weighted by Gasteiger charge is -2.43. The van der Waals surface area contributed by atoms with Crippen LogP contribution < -0.4 is 0 Å². The van der Waals surface area contributed by atoms with Gasteiger partial charge in [-0.3, -0.25) is 0 Å². The quantitative estimate of drug-likeness (QED) is 0.606. The van der Waals surface area contributed by atoms with Gasteiger partial charge >= 0.3 is 0 Å². The second-order valence-electron chi connectivity index (χ2n) is 6.65. The molecule has 0 saturated heterocycles. The van der Waals surface area contributed by atoms with E-state index in [1.807, 2.05) is 0 Å². The maximum Gasteiger partial charge on any atom is 0.00117 e. The van der Waals surface area contributed by atoms with E-state index in [-0.39, 0.29) is 0 Å². The van der Waals surface area contributed by atoms with Crippen molar-refractivity contribution < 1.29 is 0 Å². The lowest BCUT2D eigenvalue weighted by Crippen LogP contribution is -2.41. The molecule has 3 atom stereocenters. The van der Waals surface area contributed by atoms with Crippen molar-refractivity contribution in [2.24, 2.45) is 23.7 Å². The van der Waals surface area contributed by atoms with Crippen LogP contribution in [0, 0.1) is 23.7 Å². The molecule has 102 valence electrons. The van der Waals surface area contributed by atoms with Gasteiger partial charge < -0.3 is 4.90 Å². The molecule has 0 heterocycles. The Bertz CT molecular complexity index is 194. The summed E-state index contributed by atoms with van der Waals surface area (Å²) >= 11 is 0. The molecule has 1 heteroatoms. The number of rotatable bonds is 8. The van der Waals surface area contributed by atoms with E-state index in [9.17, 15) is 0 Å². The van der Waals surface area contributed by atoms with Crippen LogP contribution in [-0.4, -0.2) is 25.0 Å². The first-order valence-electron chi connectivity index (χ1n) is 7.73. The minimum atomic E-state index is 0.926. The summed E-state index contributed by atoms with van der Waals surface area (Å²) in [5, 5.41) is 0. The molecule has 0 amide bonds. The molecular formula is C16H33N. The van der Waals surface area contributed by atoms with Gasteiger partial charge in [-0.05, 0) is 56.5 Å². The van der Waals surface area contributed by atoms with Crippen molar-refractivity contribution >= 4 is 0 Å². The zero-order chi connectivity index (χ0) is 12.8. The minimum absolute atomic E-state index is 0.926. The second kappa shape index (κ2) is 7.41. The van der Waals surface area contributed by atoms with Crippen LogP contribution in [0.1, 0.15) is 59.8 Å². The van der Waals surface area contributed by atoms with Gasteiger partial charge in [-0.2, -0.15) is 0 Å². The van der Waals surface area contributed by atoms with Crippen LogP contribution in [0.15, 0.2) is 0 Å². The summed E-state index contributed by atoms with van der Waals surface area (Å²) in [4.78, 5) is 2.56. The lowest BCUT2D eigenvalue weighted by molar-refractivity contribution is 0.0647. The third kappa shape index (κ3) is 4.99. The monoisotopic (exact) mass is 239 g/mol. The van der Waals surface area contributed by atoms with Crippen LogP contribution in [0.3, 0.4) is 0 Å². The molecule has 0 aromatic heterocycles. The van der Waals surface area contributed by atoms with E-state index in [1.54, 1.807) is 0 Å². The van der Waals surface area contributed by atoms with E-state index < -0.39 is 0 Å². The van der Waals surface area contributed by atoms with Crippen LogP contribution in [0.4, 0.5) is 0 Å². The molecule has 0 radical (unpaired) electrons. The largest absolute Gasteiger partial charge is 0.306 e. The SMILES string of the molecule is CCCC(C)CCCN(C)CC1C(C)CC1C. The Kier molecular flexibility index (Phi) is 6.54. The predicted molar refractivity (Wildman–Crippen MR) is 77.2 cm³/mol. The van der Waals surface area contributed by atoms with E-state index in [2.05, 4.69) is 39.6 Å². The van der Waals surface area contributed by atoms with Gasteiger partial charge in [-0.15, -0.1) is 0 Å². The summed E-state index contributed by atoms with van der Waals surface area (Å²) in [6.45, 7) is 12.2. The normalized spacial score (nSPS) is 30.4. The number of hydrogen-bond acceptors (Lipinski definition) is 1. The van der Waals surface area contributed by atoms with Crippen molar-refractivity contribution in [3.8, 4) is 0 Å². The summed E-state index contributed by atoms with van der Waals surface area (Å²) in [5.41, 5.74) is 0. The van der Waals surface area contributed by atoms with Gasteiger partial charge in [0.15, 0.2) is 0 Å². The molecule has 3 unspecified atom stereocenters. The first-order chi connectivity index (χ1) is 8.04. The Morgan fingerprint density at radius 2 is 1.82 bits per heavy atom. The van der Waals surface area contributed by atoms with Crippen molar-refractivity contribution in [2.45, 2.75) is 59.8 Å². The first-order valence-corrected chi connectivity index (χ1v) is 7.73. The van der Waals surface area contributed by atoms with Gasteiger partial charge in [0.1, 0.15) is 0 Å². The average molecular weight is 239 g/mol. The molecule has 1 fully saturated rings. The van der Waals surface area contributed by atoms with Crippen molar-refractivity contribution in [1.29, 1.82) is 0 Å². The van der Waals surface area contributed by atoms with Gasteiger partial charge in [0, 0.05) is 6.54 Å². The molecule has 0 aromatic carbocycles. The molecule has 1 rings (SSSR count). The van der Waals surface area contributed by atoms with E-state index in [0.717, 1.165) is 23.7 Å². The van der Waals surface area contributed by atoms with Gasteiger partial charge in [-0.25, -0.2) is 0 Å². The fourth-order valence-corrected chi connectivity index (χ4v) is 3.46. The van der Waals surface area contributed by atoms with Crippen LogP contribution in [0.2, 0.25) is 0 Å². The highest BCUT2D eigenvalue weighted by atomic mass is 15.1. The van der Waals surface area contributed by atoms with E-state index in [4.69, 9.17) is 0 Å². The summed E-state index contributed by atoms with van der Waals surface area (Å²) in [6, 6.07) is 0. The van der Waals surface area contributed by atoms with Crippen molar-refractivity contribution in [3.05, 3.63) is 0 Å². The van der Waals surface area contributed by atoms with E-state index in [0.29, 0.717) is 0 Å². The van der Waals surface area contributed by atoms with Gasteiger partial charge in [0.25, 0.3) is 0 Å². The molecule has 0 spiro atoms. The third-order valence-corrected chi connectivity index (χ3v) is 4.75. The third-order valence-electron chi connectivity index (χ3n) is 4.75. The first kappa shape index (κ1) is 15.0.